The molecule has 2 fully saturated rings. The molecule has 23 heavy (non-hydrogen) atoms. The number of anilines is 1. The van der Waals surface area contributed by atoms with Crippen molar-refractivity contribution in [2.45, 2.75) is 37.1 Å². The maximum absolute atomic E-state index is 13.2. The van der Waals surface area contributed by atoms with Crippen LogP contribution in [-0.2, 0) is 19.6 Å². The molecule has 2 saturated heterocycles. The van der Waals surface area contributed by atoms with Gasteiger partial charge >= 0.3 is 6.18 Å². The van der Waals surface area contributed by atoms with Crippen LogP contribution >= 0.6 is 0 Å². The van der Waals surface area contributed by atoms with Crippen LogP contribution in [0.1, 0.15) is 36.7 Å². The molecule has 0 atom stereocenters. The smallest absolute Gasteiger partial charge is 0.389 e. The van der Waals surface area contributed by atoms with Crippen molar-refractivity contribution in [3.8, 4) is 0 Å². The second-order valence-corrected chi connectivity index (χ2v) is 6.15. The molecule has 2 heterocycles. The second kappa shape index (κ2) is 6.30. The highest BCUT2D eigenvalue weighted by atomic mass is 19.4. The highest BCUT2D eigenvalue weighted by Gasteiger charge is 2.45. The van der Waals surface area contributed by atoms with E-state index in [0.717, 1.165) is 0 Å². The van der Waals surface area contributed by atoms with Crippen LogP contribution in [0.25, 0.3) is 0 Å². The van der Waals surface area contributed by atoms with Crippen molar-refractivity contribution in [1.29, 1.82) is 0 Å². The van der Waals surface area contributed by atoms with Gasteiger partial charge in [-0.3, -0.25) is 0 Å². The largest absolute Gasteiger partial charge is 0.399 e. The molecule has 0 aromatic heterocycles. The Bertz CT molecular complexity index is 550. The van der Waals surface area contributed by atoms with E-state index in [-0.39, 0.29) is 0 Å². The Labute approximate surface area is 132 Å². The number of alkyl halides is 3. The third-order valence-electron chi connectivity index (χ3n) is 4.47. The highest BCUT2D eigenvalue weighted by Crippen LogP contribution is 2.45. The van der Waals surface area contributed by atoms with Crippen molar-refractivity contribution in [1.82, 2.24) is 0 Å². The maximum Gasteiger partial charge on any atom is 0.389 e. The van der Waals surface area contributed by atoms with Crippen molar-refractivity contribution in [3.05, 3.63) is 29.3 Å². The topological polar surface area (TPSA) is 53.7 Å². The molecule has 0 bridgehead atoms. The predicted molar refractivity (Wildman–Crippen MR) is 77.9 cm³/mol. The van der Waals surface area contributed by atoms with E-state index in [2.05, 4.69) is 0 Å². The van der Waals surface area contributed by atoms with Crippen LogP contribution < -0.4 is 5.73 Å². The summed E-state index contributed by atoms with van der Waals surface area (Å²) in [5.74, 6) is 0. The second-order valence-electron chi connectivity index (χ2n) is 6.15. The van der Waals surface area contributed by atoms with E-state index in [4.69, 9.17) is 19.9 Å². The van der Waals surface area contributed by atoms with Gasteiger partial charge in [-0.15, -0.1) is 0 Å². The average molecular weight is 331 g/mol. The van der Waals surface area contributed by atoms with E-state index in [1.165, 1.54) is 0 Å². The summed E-state index contributed by atoms with van der Waals surface area (Å²) in [4.78, 5) is 0. The van der Waals surface area contributed by atoms with E-state index in [0.29, 0.717) is 56.1 Å². The summed E-state index contributed by atoms with van der Waals surface area (Å²) in [7, 11) is 0. The number of hydrogen-bond acceptors (Lipinski definition) is 4. The molecule has 2 aliphatic heterocycles. The van der Waals surface area contributed by atoms with Gasteiger partial charge < -0.3 is 19.9 Å². The fraction of sp³-hybridized carbons (Fsp3) is 0.625. The average Bonchev–Trinajstić information content (AvgIpc) is 3.00. The zero-order chi connectivity index (χ0) is 16.5. The Morgan fingerprint density at radius 3 is 2.30 bits per heavy atom. The minimum Gasteiger partial charge on any atom is -0.399 e. The summed E-state index contributed by atoms with van der Waals surface area (Å²) in [6.45, 7) is 1.57. The van der Waals surface area contributed by atoms with Gasteiger partial charge in [0.2, 0.25) is 0 Å². The number of hydrogen-bond donors (Lipinski definition) is 1. The highest BCUT2D eigenvalue weighted by molar-refractivity contribution is 5.48. The lowest BCUT2D eigenvalue weighted by Gasteiger charge is -2.38. The number of benzene rings is 1. The van der Waals surface area contributed by atoms with Crippen LogP contribution in [0, 0.1) is 0 Å². The molecule has 2 aliphatic rings. The van der Waals surface area contributed by atoms with Crippen molar-refractivity contribution >= 4 is 5.69 Å². The first-order chi connectivity index (χ1) is 10.9. The van der Waals surface area contributed by atoms with Crippen molar-refractivity contribution in [2.75, 3.05) is 32.2 Å². The van der Waals surface area contributed by atoms with Crippen LogP contribution in [0.2, 0.25) is 0 Å². The molecular weight excluding hydrogens is 311 g/mol. The minimum absolute atomic E-state index is 0.316. The fourth-order valence-electron chi connectivity index (χ4n) is 3.38. The van der Waals surface area contributed by atoms with Gasteiger partial charge in [0.15, 0.2) is 6.29 Å². The summed E-state index contributed by atoms with van der Waals surface area (Å²) < 4.78 is 55.6. The van der Waals surface area contributed by atoms with Crippen LogP contribution in [0.5, 0.6) is 0 Å². The molecule has 2 N–H and O–H groups in total. The van der Waals surface area contributed by atoms with E-state index in [1.54, 1.807) is 18.2 Å². The van der Waals surface area contributed by atoms with Gasteiger partial charge in [-0.25, -0.2) is 0 Å². The van der Waals surface area contributed by atoms with Gasteiger partial charge in [0.25, 0.3) is 0 Å². The fourth-order valence-corrected chi connectivity index (χ4v) is 3.38. The molecule has 128 valence electrons. The molecule has 1 aromatic carbocycles. The summed E-state index contributed by atoms with van der Waals surface area (Å²) in [6, 6.07) is 5.07. The zero-order valence-corrected chi connectivity index (χ0v) is 12.7. The van der Waals surface area contributed by atoms with E-state index in [1.807, 2.05) is 0 Å². The SMILES string of the molecule is Nc1cc(C2OCCO2)cc(C2(CC(F)(F)F)CCOCC2)c1. The lowest BCUT2D eigenvalue weighted by Crippen LogP contribution is -2.38. The maximum atomic E-state index is 13.2. The lowest BCUT2D eigenvalue weighted by molar-refractivity contribution is -0.156. The number of ether oxygens (including phenoxy) is 3. The van der Waals surface area contributed by atoms with Crippen LogP contribution in [0.3, 0.4) is 0 Å². The molecule has 0 radical (unpaired) electrons. The summed E-state index contributed by atoms with van der Waals surface area (Å²) in [5.41, 5.74) is 6.61. The number of nitrogens with two attached hydrogens (primary N) is 1. The molecule has 0 spiro atoms. The number of nitrogen functional groups attached to an aromatic ring is 1. The monoisotopic (exact) mass is 331 g/mol. The van der Waals surface area contributed by atoms with Crippen molar-refractivity contribution < 1.29 is 27.4 Å². The normalized spacial score (nSPS) is 22.4. The molecule has 0 unspecified atom stereocenters. The summed E-state index contributed by atoms with van der Waals surface area (Å²) in [5, 5.41) is 0. The molecule has 3 rings (SSSR count). The minimum atomic E-state index is -4.25. The molecule has 0 amide bonds. The van der Waals surface area contributed by atoms with Gasteiger partial charge in [-0.2, -0.15) is 13.2 Å². The van der Waals surface area contributed by atoms with E-state index >= 15 is 0 Å². The molecule has 0 aliphatic carbocycles. The van der Waals surface area contributed by atoms with Gasteiger partial charge in [0.05, 0.1) is 19.6 Å². The first kappa shape index (κ1) is 16.5. The van der Waals surface area contributed by atoms with Crippen LogP contribution in [0.4, 0.5) is 18.9 Å². The van der Waals surface area contributed by atoms with E-state index in [9.17, 15) is 13.2 Å². The molecule has 4 nitrogen and oxygen atoms in total. The lowest BCUT2D eigenvalue weighted by atomic mass is 9.71. The van der Waals surface area contributed by atoms with Crippen LogP contribution in [0.15, 0.2) is 18.2 Å². The standard InChI is InChI=1S/C16H20F3NO3/c17-16(18,19)10-15(1-3-21-4-2-15)12-7-11(8-13(20)9-12)14-22-5-6-23-14/h7-9,14H,1-6,10,20H2. The van der Waals surface area contributed by atoms with Crippen molar-refractivity contribution in [3.63, 3.8) is 0 Å². The molecule has 7 heteroatoms. The van der Waals surface area contributed by atoms with Crippen LogP contribution in [-0.4, -0.2) is 32.6 Å². The van der Waals surface area contributed by atoms with Gasteiger partial charge in [-0.05, 0) is 30.5 Å². The predicted octanol–water partition coefficient (Wildman–Crippen LogP) is 3.31. The zero-order valence-electron chi connectivity index (χ0n) is 12.7. The van der Waals surface area contributed by atoms with Crippen molar-refractivity contribution in [2.24, 2.45) is 0 Å². The Hall–Kier alpha value is -1.31. The Morgan fingerprint density at radius 2 is 1.70 bits per heavy atom. The Morgan fingerprint density at radius 1 is 1.04 bits per heavy atom. The first-order valence-electron chi connectivity index (χ1n) is 7.67. The summed E-state index contributed by atoms with van der Waals surface area (Å²) in [6.07, 6.45) is -5.04. The third-order valence-corrected chi connectivity index (χ3v) is 4.47. The van der Waals surface area contributed by atoms with Gasteiger partial charge in [-0.1, -0.05) is 6.07 Å². The molecule has 0 saturated carbocycles. The van der Waals surface area contributed by atoms with E-state index < -0.39 is 24.3 Å². The number of rotatable bonds is 3. The molecular formula is C16H20F3NO3. The summed E-state index contributed by atoms with van der Waals surface area (Å²) >= 11 is 0. The Kier molecular flexibility index (Phi) is 4.53. The van der Waals surface area contributed by atoms with Gasteiger partial charge in [0, 0.05) is 29.9 Å². The first-order valence-corrected chi connectivity index (χ1v) is 7.67. The Balaban J connectivity index is 1.98. The quantitative estimate of drug-likeness (QED) is 0.864. The molecule has 1 aromatic rings. The van der Waals surface area contributed by atoms with Gasteiger partial charge in [0.1, 0.15) is 0 Å². The number of halogens is 3. The third kappa shape index (κ3) is 3.79.